The lowest BCUT2D eigenvalue weighted by Gasteiger charge is -2.26. The number of rotatable bonds is 4. The standard InChI is InChI=1S/C47H32N2O2/c1-47(2)37-21-11-10-19-36(37)43-38(47)25-26-42-45(43)51-41-22-12-20-34(44(41)50-42)33-17-8-9-18-35(33)46-48-39(30-14-4-3-5-15-30)28-40(49-46)32-24-23-29-13-6-7-16-31(29)27-32/h3-28H,1-2H3. The number of hydrogen-bond donors (Lipinski definition) is 0. The number of para-hydroxylation sites is 1. The van der Waals surface area contributed by atoms with E-state index in [1.807, 2.05) is 42.5 Å². The van der Waals surface area contributed by atoms with Gasteiger partial charge in [0, 0.05) is 33.2 Å². The van der Waals surface area contributed by atoms with Crippen molar-refractivity contribution < 1.29 is 9.47 Å². The predicted molar refractivity (Wildman–Crippen MR) is 205 cm³/mol. The van der Waals surface area contributed by atoms with Crippen LogP contribution in [0.1, 0.15) is 25.0 Å². The van der Waals surface area contributed by atoms with Crippen LogP contribution in [0.4, 0.5) is 0 Å². The minimum Gasteiger partial charge on any atom is -0.449 e. The molecule has 7 aromatic carbocycles. The first-order valence-corrected chi connectivity index (χ1v) is 17.3. The summed E-state index contributed by atoms with van der Waals surface area (Å²) in [5.41, 5.74) is 11.3. The first-order valence-electron chi connectivity index (χ1n) is 17.3. The number of nitrogens with zero attached hydrogens (tertiary/aromatic N) is 2. The van der Waals surface area contributed by atoms with Crippen LogP contribution in [0.3, 0.4) is 0 Å². The highest BCUT2D eigenvalue weighted by Gasteiger charge is 2.39. The van der Waals surface area contributed by atoms with Crippen LogP contribution in [0.15, 0.2) is 158 Å². The molecule has 0 unspecified atom stereocenters. The smallest absolute Gasteiger partial charge is 0.178 e. The Labute approximate surface area is 296 Å². The van der Waals surface area contributed by atoms with Crippen molar-refractivity contribution in [1.82, 2.24) is 9.97 Å². The third-order valence-corrected chi connectivity index (χ3v) is 10.4. The van der Waals surface area contributed by atoms with E-state index in [2.05, 4.69) is 129 Å². The fraction of sp³-hybridized carbons (Fsp3) is 0.0638. The second kappa shape index (κ2) is 11.3. The van der Waals surface area contributed by atoms with Crippen LogP contribution in [0.5, 0.6) is 23.0 Å². The van der Waals surface area contributed by atoms with E-state index < -0.39 is 0 Å². The van der Waals surface area contributed by atoms with E-state index in [-0.39, 0.29) is 5.41 Å². The molecule has 10 rings (SSSR count). The van der Waals surface area contributed by atoms with Crippen molar-refractivity contribution in [2.45, 2.75) is 19.3 Å². The Bertz CT molecular complexity index is 2680. The van der Waals surface area contributed by atoms with Gasteiger partial charge in [0.05, 0.1) is 11.4 Å². The van der Waals surface area contributed by atoms with Crippen LogP contribution >= 0.6 is 0 Å². The summed E-state index contributed by atoms with van der Waals surface area (Å²) in [5, 5.41) is 2.36. The van der Waals surface area contributed by atoms with Gasteiger partial charge in [-0.25, -0.2) is 9.97 Å². The van der Waals surface area contributed by atoms with Crippen LogP contribution in [-0.4, -0.2) is 9.97 Å². The van der Waals surface area contributed by atoms with Crippen LogP contribution in [-0.2, 0) is 5.41 Å². The van der Waals surface area contributed by atoms with Crippen molar-refractivity contribution in [2.75, 3.05) is 0 Å². The van der Waals surface area contributed by atoms with Gasteiger partial charge in [-0.1, -0.05) is 147 Å². The zero-order chi connectivity index (χ0) is 34.1. The van der Waals surface area contributed by atoms with Gasteiger partial charge in [-0.15, -0.1) is 0 Å². The maximum Gasteiger partial charge on any atom is 0.178 e. The monoisotopic (exact) mass is 656 g/mol. The summed E-state index contributed by atoms with van der Waals surface area (Å²) in [7, 11) is 0. The fourth-order valence-corrected chi connectivity index (χ4v) is 7.79. The Morgan fingerprint density at radius 1 is 0.431 bits per heavy atom. The molecule has 1 aliphatic carbocycles. The Morgan fingerprint density at radius 3 is 1.92 bits per heavy atom. The second-order valence-corrected chi connectivity index (χ2v) is 13.8. The first kappa shape index (κ1) is 29.4. The molecule has 0 saturated carbocycles. The van der Waals surface area contributed by atoms with Crippen LogP contribution in [0.25, 0.3) is 66.9 Å². The van der Waals surface area contributed by atoms with Crippen molar-refractivity contribution >= 4 is 10.8 Å². The lowest BCUT2D eigenvalue weighted by atomic mass is 9.82. The molecule has 4 nitrogen and oxygen atoms in total. The van der Waals surface area contributed by atoms with Crippen LogP contribution < -0.4 is 9.47 Å². The molecule has 2 heterocycles. The Hall–Kier alpha value is -6.52. The van der Waals surface area contributed by atoms with Crippen LogP contribution in [0.2, 0.25) is 0 Å². The fourth-order valence-electron chi connectivity index (χ4n) is 7.79. The van der Waals surface area contributed by atoms with Crippen LogP contribution in [0, 0.1) is 0 Å². The molecule has 2 aliphatic rings. The molecule has 0 atom stereocenters. The predicted octanol–water partition coefficient (Wildman–Crippen LogP) is 12.5. The Morgan fingerprint density at radius 2 is 1.08 bits per heavy atom. The van der Waals surface area contributed by atoms with Gasteiger partial charge in [0.1, 0.15) is 0 Å². The van der Waals surface area contributed by atoms with Crippen molar-refractivity contribution in [3.8, 4) is 79.2 Å². The number of aromatic nitrogens is 2. The quantitative estimate of drug-likeness (QED) is 0.189. The van der Waals surface area contributed by atoms with Gasteiger partial charge >= 0.3 is 0 Å². The Kier molecular flexibility index (Phi) is 6.49. The van der Waals surface area contributed by atoms with Crippen molar-refractivity contribution in [3.05, 3.63) is 169 Å². The molecule has 51 heavy (non-hydrogen) atoms. The van der Waals surface area contributed by atoms with E-state index in [4.69, 9.17) is 19.4 Å². The molecule has 0 fully saturated rings. The molecule has 0 saturated heterocycles. The molecule has 0 amide bonds. The average Bonchev–Trinajstić information content (AvgIpc) is 3.43. The van der Waals surface area contributed by atoms with E-state index in [1.54, 1.807) is 0 Å². The summed E-state index contributed by atoms with van der Waals surface area (Å²) in [4.78, 5) is 10.4. The molecule has 0 N–H and O–H groups in total. The van der Waals surface area contributed by atoms with Gasteiger partial charge in [0.25, 0.3) is 0 Å². The lowest BCUT2D eigenvalue weighted by Crippen LogP contribution is -2.15. The second-order valence-electron chi connectivity index (χ2n) is 13.8. The molecule has 242 valence electrons. The van der Waals surface area contributed by atoms with E-state index in [9.17, 15) is 0 Å². The molecule has 8 aromatic rings. The summed E-state index contributed by atoms with van der Waals surface area (Å²) in [5.74, 6) is 3.47. The summed E-state index contributed by atoms with van der Waals surface area (Å²) in [6, 6.07) is 54.5. The van der Waals surface area contributed by atoms with E-state index >= 15 is 0 Å². The van der Waals surface area contributed by atoms with Gasteiger partial charge in [-0.2, -0.15) is 0 Å². The topological polar surface area (TPSA) is 44.2 Å². The Balaban J connectivity index is 1.12. The van der Waals surface area contributed by atoms with E-state index in [0.29, 0.717) is 23.1 Å². The minimum absolute atomic E-state index is 0.134. The van der Waals surface area contributed by atoms with Crippen molar-refractivity contribution in [1.29, 1.82) is 0 Å². The maximum atomic E-state index is 6.82. The third kappa shape index (κ3) is 4.68. The molecular weight excluding hydrogens is 625 g/mol. The summed E-state index contributed by atoms with van der Waals surface area (Å²) < 4.78 is 13.6. The zero-order valence-corrected chi connectivity index (χ0v) is 28.2. The third-order valence-electron chi connectivity index (χ3n) is 10.4. The van der Waals surface area contributed by atoms with Gasteiger partial charge in [0.2, 0.25) is 0 Å². The molecule has 0 radical (unpaired) electrons. The van der Waals surface area contributed by atoms with Gasteiger partial charge in [-0.05, 0) is 57.3 Å². The molecule has 4 heteroatoms. The number of ether oxygens (including phenoxy) is 2. The number of hydrogen-bond acceptors (Lipinski definition) is 4. The van der Waals surface area contributed by atoms with Gasteiger partial charge in [0.15, 0.2) is 28.8 Å². The SMILES string of the molecule is CC1(C)c2ccccc2-c2c1ccc1c2Oc2cccc(-c3ccccc3-c3nc(-c4ccccc4)cc(-c4ccc5ccccc5c4)n3)c2O1. The summed E-state index contributed by atoms with van der Waals surface area (Å²) >= 11 is 0. The average molecular weight is 657 g/mol. The first-order chi connectivity index (χ1) is 25.0. The normalized spacial score (nSPS) is 13.4. The number of fused-ring (bicyclic) bond motifs is 7. The minimum atomic E-state index is -0.134. The molecule has 0 bridgehead atoms. The van der Waals surface area contributed by atoms with E-state index in [1.165, 1.54) is 27.5 Å². The summed E-state index contributed by atoms with van der Waals surface area (Å²) in [6.07, 6.45) is 0. The van der Waals surface area contributed by atoms with Gasteiger partial charge < -0.3 is 9.47 Å². The summed E-state index contributed by atoms with van der Waals surface area (Å²) in [6.45, 7) is 4.55. The highest BCUT2D eigenvalue weighted by molar-refractivity contribution is 5.91. The highest BCUT2D eigenvalue weighted by Crippen LogP contribution is 2.59. The largest absolute Gasteiger partial charge is 0.449 e. The highest BCUT2D eigenvalue weighted by atomic mass is 16.6. The maximum absolute atomic E-state index is 6.82. The molecule has 1 aliphatic heterocycles. The molecule has 0 spiro atoms. The van der Waals surface area contributed by atoms with Gasteiger partial charge in [-0.3, -0.25) is 0 Å². The number of benzene rings is 7. The molecule has 1 aromatic heterocycles. The molecular formula is C47H32N2O2. The van der Waals surface area contributed by atoms with Crippen molar-refractivity contribution in [3.63, 3.8) is 0 Å². The lowest BCUT2D eigenvalue weighted by molar-refractivity contribution is 0.361. The zero-order valence-electron chi connectivity index (χ0n) is 28.2. The van der Waals surface area contributed by atoms with Crippen molar-refractivity contribution in [2.24, 2.45) is 0 Å². The van der Waals surface area contributed by atoms with E-state index in [0.717, 1.165) is 50.5 Å².